The van der Waals surface area contributed by atoms with Gasteiger partial charge >= 0.3 is 0 Å². The molecule has 3 aromatic carbocycles. The van der Waals surface area contributed by atoms with Gasteiger partial charge in [-0.2, -0.15) is 0 Å². The van der Waals surface area contributed by atoms with Crippen LogP contribution in [0.3, 0.4) is 0 Å². The molecule has 7 N–H and O–H groups in total. The molecule has 6 rings (SSSR count). The minimum Gasteiger partial charge on any atom is -0.387 e. The molecule has 0 aliphatic carbocycles. The Kier molecular flexibility index (Phi) is 23.7. The summed E-state index contributed by atoms with van der Waals surface area (Å²) >= 11 is 6.54. The van der Waals surface area contributed by atoms with Crippen molar-refractivity contribution in [3.05, 3.63) is 101 Å². The van der Waals surface area contributed by atoms with Crippen LogP contribution in [0.4, 0.5) is 5.69 Å². The van der Waals surface area contributed by atoms with Gasteiger partial charge in [0.25, 0.3) is 0 Å². The van der Waals surface area contributed by atoms with Crippen molar-refractivity contribution in [2.45, 2.75) is 198 Å². The number of amides is 5. The van der Waals surface area contributed by atoms with E-state index >= 15 is 0 Å². The van der Waals surface area contributed by atoms with E-state index in [4.69, 9.17) is 35.3 Å². The highest BCUT2D eigenvalue weighted by Crippen LogP contribution is 2.40. The molecule has 3 aromatic rings. The molecule has 460 valence electrons. The number of hydrogen-bond donors (Lipinski definition) is 7. The zero-order valence-electron chi connectivity index (χ0n) is 51.0. The molecule has 19 nitrogen and oxygen atoms in total. The van der Waals surface area contributed by atoms with Crippen molar-refractivity contribution in [1.82, 2.24) is 25.8 Å². The Labute approximate surface area is 496 Å². The summed E-state index contributed by atoms with van der Waals surface area (Å²) in [5.41, 5.74) is -0.148. The zero-order chi connectivity index (χ0) is 61.2. The number of methoxy groups -OCH3 is 1. The van der Waals surface area contributed by atoms with Gasteiger partial charge in [0.1, 0.15) is 24.3 Å². The van der Waals surface area contributed by atoms with Gasteiger partial charge in [-0.1, -0.05) is 107 Å². The van der Waals surface area contributed by atoms with Gasteiger partial charge in [0.15, 0.2) is 12.6 Å². The van der Waals surface area contributed by atoms with Crippen molar-refractivity contribution >= 4 is 46.8 Å². The second-order valence-electron chi connectivity index (χ2n) is 24.8. The van der Waals surface area contributed by atoms with E-state index in [1.54, 1.807) is 104 Å². The van der Waals surface area contributed by atoms with E-state index in [1.807, 2.05) is 75.3 Å². The molecule has 20 heteroatoms. The predicted molar refractivity (Wildman–Crippen MR) is 317 cm³/mol. The Morgan fingerprint density at radius 2 is 1.52 bits per heavy atom. The Bertz CT molecular complexity index is 2630. The number of carbonyl (C=O) groups excluding carboxylic acids is 5. The fourth-order valence-electron chi connectivity index (χ4n) is 12.1. The summed E-state index contributed by atoms with van der Waals surface area (Å²) in [7, 11) is 6.90. The molecule has 0 saturated carbocycles. The lowest BCUT2D eigenvalue weighted by Crippen LogP contribution is -2.61. The molecular formula is C63H93ClN6O13. The number of benzene rings is 3. The SMILES string of the molecule is CO[C@]1(C)C[C@H](O[C@H]2[C@H](C)[C@@H](O[C@@H]3O[C@H](C)C[C@H](N(C)C)[C@H]3O)[C@](C)(O)C[C@@H](C)CN(C)C(=O)C[C@@H](Cc3ccc(NC(=O)[C@H](Cc4ccccc4Cl)NC(=O)C(C)c4ccccc4)cc3)NC(=O)[C@H](C(C)C)NC(=O)[C@@H]2C)O[C@@H](C)[C@@H]1O. The third-order valence-corrected chi connectivity index (χ3v) is 17.4. The van der Waals surface area contributed by atoms with Crippen LogP contribution >= 0.6 is 11.6 Å². The number of anilines is 1. The number of carbonyl (C=O) groups is 5. The molecule has 3 aliphatic rings. The molecule has 5 amide bonds. The predicted octanol–water partition coefficient (Wildman–Crippen LogP) is 5.99. The normalized spacial score (nSPS) is 33.4. The second-order valence-corrected chi connectivity index (χ2v) is 25.2. The Hall–Kier alpha value is -5.06. The Balaban J connectivity index is 1.29. The van der Waals surface area contributed by atoms with Gasteiger partial charge in [-0.3, -0.25) is 24.0 Å². The lowest BCUT2D eigenvalue weighted by atomic mass is 9.77. The largest absolute Gasteiger partial charge is 0.387 e. The summed E-state index contributed by atoms with van der Waals surface area (Å²) in [5, 5.41) is 48.3. The van der Waals surface area contributed by atoms with E-state index in [0.717, 1.165) is 11.1 Å². The van der Waals surface area contributed by atoms with Crippen molar-refractivity contribution in [3.63, 3.8) is 0 Å². The van der Waals surface area contributed by atoms with Crippen LogP contribution in [-0.4, -0.2) is 174 Å². The van der Waals surface area contributed by atoms with Gasteiger partial charge in [0.05, 0.1) is 47.5 Å². The number of likely N-dealkylation sites (N-methyl/N-ethyl adjacent to an activating group) is 1. The van der Waals surface area contributed by atoms with Crippen molar-refractivity contribution in [1.29, 1.82) is 0 Å². The van der Waals surface area contributed by atoms with Gasteiger partial charge < -0.3 is 70.1 Å². The monoisotopic (exact) mass is 1180 g/mol. The maximum atomic E-state index is 14.9. The average molecular weight is 1180 g/mol. The number of halogens is 1. The summed E-state index contributed by atoms with van der Waals surface area (Å²) in [5.74, 6) is -5.37. The highest BCUT2D eigenvalue weighted by molar-refractivity contribution is 6.31. The highest BCUT2D eigenvalue weighted by Gasteiger charge is 2.51. The van der Waals surface area contributed by atoms with Crippen LogP contribution < -0.4 is 21.3 Å². The number of aliphatic hydroxyl groups is 3. The first-order valence-electron chi connectivity index (χ1n) is 29.3. The smallest absolute Gasteiger partial charge is 0.247 e. The lowest BCUT2D eigenvalue weighted by molar-refractivity contribution is -0.317. The number of ether oxygens (including phenoxy) is 5. The van der Waals surface area contributed by atoms with Gasteiger partial charge in [0, 0.05) is 68.7 Å². The molecule has 0 radical (unpaired) electrons. The minimum absolute atomic E-state index is 0.0771. The molecule has 0 spiro atoms. The van der Waals surface area contributed by atoms with E-state index in [9.17, 15) is 39.3 Å². The average Bonchev–Trinajstić information content (AvgIpc) is 3.66. The third kappa shape index (κ3) is 17.5. The fourth-order valence-corrected chi connectivity index (χ4v) is 12.3. The van der Waals surface area contributed by atoms with Crippen LogP contribution in [0.25, 0.3) is 0 Å². The molecule has 3 aliphatic heterocycles. The Morgan fingerprint density at radius 3 is 2.14 bits per heavy atom. The van der Waals surface area contributed by atoms with Gasteiger partial charge in [0.2, 0.25) is 29.5 Å². The van der Waals surface area contributed by atoms with E-state index in [2.05, 4.69) is 21.3 Å². The zero-order valence-corrected chi connectivity index (χ0v) is 51.7. The quantitative estimate of drug-likeness (QED) is 0.0872. The van der Waals surface area contributed by atoms with Crippen molar-refractivity contribution in [2.75, 3.05) is 40.1 Å². The van der Waals surface area contributed by atoms with Crippen LogP contribution in [-0.2, 0) is 60.5 Å². The first kappa shape index (κ1) is 67.1. The summed E-state index contributed by atoms with van der Waals surface area (Å²) in [6.45, 7) is 18.0. The number of hydrogen-bond acceptors (Lipinski definition) is 14. The number of aliphatic hydroxyl groups excluding tert-OH is 2. The van der Waals surface area contributed by atoms with E-state index in [-0.39, 0.29) is 68.5 Å². The van der Waals surface area contributed by atoms with E-state index in [1.165, 1.54) is 7.11 Å². The summed E-state index contributed by atoms with van der Waals surface area (Å²) < 4.78 is 32.1. The summed E-state index contributed by atoms with van der Waals surface area (Å²) in [6, 6.07) is 20.2. The first-order chi connectivity index (χ1) is 39.0. The van der Waals surface area contributed by atoms with Crippen LogP contribution in [0.5, 0.6) is 0 Å². The van der Waals surface area contributed by atoms with E-state index < -0.39 is 114 Å². The first-order valence-corrected chi connectivity index (χ1v) is 29.6. The lowest BCUT2D eigenvalue weighted by Gasteiger charge is -2.49. The van der Waals surface area contributed by atoms with Crippen LogP contribution in [0.2, 0.25) is 5.02 Å². The standard InChI is InChI=1S/C63H93ClN6O13/c1-35(2)52-60(77)66-46(29-42-24-26-45(27-25-42)65-59(76)48(30-44-22-18-19-23-47(44)64)67-57(74)38(5)43-20-16-15-17-21-43)31-50(71)70(13)34-36(3)32-62(9,78)56(83-61-53(72)49(69(11)12)28-37(4)80-61)39(6)54(40(7)58(75)68-52)82-51-33-63(10,79-14)55(73)41(8)81-51/h15-27,35-41,46,48-49,51-56,61,72-73,78H,28-34H2,1-14H3,(H,65,76)(H,66,77)(H,67,74)(H,68,75)/t36-,37-,38?,39+,40-,41+,46-,48+,49+,51+,52+,53-,54+,55+,56-,61+,62-,63-/m1/s1. The van der Waals surface area contributed by atoms with Crippen molar-refractivity contribution < 1.29 is 63.0 Å². The molecular weight excluding hydrogens is 1080 g/mol. The Morgan fingerprint density at radius 1 is 0.867 bits per heavy atom. The molecule has 0 aromatic heterocycles. The van der Waals surface area contributed by atoms with Crippen LogP contribution in [0.15, 0.2) is 78.9 Å². The number of rotatable bonds is 16. The second kappa shape index (κ2) is 29.4. The van der Waals surface area contributed by atoms with Gasteiger partial charge in [-0.25, -0.2) is 0 Å². The summed E-state index contributed by atoms with van der Waals surface area (Å²) in [6.07, 6.45) is -6.80. The van der Waals surface area contributed by atoms with E-state index in [0.29, 0.717) is 22.7 Å². The maximum Gasteiger partial charge on any atom is 0.247 e. The fraction of sp³-hybridized carbons (Fsp3) is 0.635. The molecule has 3 saturated heterocycles. The van der Waals surface area contributed by atoms with Crippen molar-refractivity contribution in [2.24, 2.45) is 23.7 Å². The van der Waals surface area contributed by atoms with Gasteiger partial charge in [-0.05, 0) is 115 Å². The molecule has 3 heterocycles. The minimum atomic E-state index is -1.71. The molecule has 0 bridgehead atoms. The number of nitrogens with zero attached hydrogens (tertiary/aromatic N) is 2. The highest BCUT2D eigenvalue weighted by atomic mass is 35.5. The molecule has 83 heavy (non-hydrogen) atoms. The molecule has 18 atom stereocenters. The summed E-state index contributed by atoms with van der Waals surface area (Å²) in [4.78, 5) is 75.2. The molecule has 3 fully saturated rings. The van der Waals surface area contributed by atoms with Crippen molar-refractivity contribution in [3.8, 4) is 0 Å². The van der Waals surface area contributed by atoms with Gasteiger partial charge in [-0.15, -0.1) is 0 Å². The van der Waals surface area contributed by atoms with Crippen LogP contribution in [0.1, 0.15) is 118 Å². The topological polar surface area (TPSA) is 247 Å². The third-order valence-electron chi connectivity index (χ3n) is 17.1. The molecule has 1 unspecified atom stereocenters. The van der Waals surface area contributed by atoms with Crippen LogP contribution in [0, 0.1) is 23.7 Å². The maximum absolute atomic E-state index is 14.9. The number of nitrogens with one attached hydrogen (secondary N) is 4.